The van der Waals surface area contributed by atoms with Gasteiger partial charge in [-0.1, -0.05) is 18.2 Å². The van der Waals surface area contributed by atoms with Crippen LogP contribution in [0, 0.1) is 0 Å². The largest absolute Gasteiger partial charge is 0.326 e. The number of nitrogens with two attached hydrogens (primary N) is 1. The lowest BCUT2D eigenvalue weighted by molar-refractivity contribution is 0.740. The molecule has 0 fully saturated rings. The lowest BCUT2D eigenvalue weighted by Crippen LogP contribution is -2.36. The molecule has 14 heavy (non-hydrogen) atoms. The predicted octanol–water partition coefficient (Wildman–Crippen LogP) is 0.328. The Morgan fingerprint density at radius 3 is 2.79 bits per heavy atom. The highest BCUT2D eigenvalue weighted by Gasteiger charge is 2.04. The van der Waals surface area contributed by atoms with Crippen LogP contribution in [-0.4, -0.2) is 18.6 Å². The molecule has 0 saturated heterocycles. The first-order chi connectivity index (χ1) is 6.84. The second-order valence-electron chi connectivity index (χ2n) is 2.80. The lowest BCUT2D eigenvalue weighted by atomic mass is 10.3. The first-order valence-corrected chi connectivity index (χ1v) is 4.28. The van der Waals surface area contributed by atoms with Crippen LogP contribution in [0.4, 0.5) is 5.69 Å². The summed E-state index contributed by atoms with van der Waals surface area (Å²) < 4.78 is 0. The van der Waals surface area contributed by atoms with Crippen LogP contribution >= 0.6 is 0 Å². The van der Waals surface area contributed by atoms with Crippen LogP contribution in [0.5, 0.6) is 0 Å². The number of hydrogen-bond donors (Lipinski definition) is 3. The molecule has 5 heteroatoms. The maximum atomic E-state index is 5.51. The van der Waals surface area contributed by atoms with Gasteiger partial charge in [0, 0.05) is 5.69 Å². The third kappa shape index (κ3) is 2.08. The minimum atomic E-state index is -0.512. The summed E-state index contributed by atoms with van der Waals surface area (Å²) in [6.45, 7) is 0. The highest BCUT2D eigenvalue weighted by atomic mass is 15.3. The van der Waals surface area contributed by atoms with Gasteiger partial charge in [-0.25, -0.2) is 9.98 Å². The van der Waals surface area contributed by atoms with Gasteiger partial charge in [0.2, 0.25) is 5.96 Å². The quantitative estimate of drug-likeness (QED) is 0.596. The topological polar surface area (TPSA) is 74.8 Å². The molecule has 0 aromatic heterocycles. The maximum absolute atomic E-state index is 5.51. The maximum Gasteiger partial charge on any atom is 0.204 e. The molecule has 1 aromatic carbocycles. The van der Waals surface area contributed by atoms with Gasteiger partial charge in [-0.05, 0) is 12.1 Å². The minimum Gasteiger partial charge on any atom is -0.326 e. The molecule has 2 rings (SSSR count). The van der Waals surface area contributed by atoms with E-state index in [1.165, 1.54) is 6.34 Å². The van der Waals surface area contributed by atoms with Crippen molar-refractivity contribution in [3.05, 3.63) is 30.3 Å². The average Bonchev–Trinajstić information content (AvgIpc) is 2.19. The van der Waals surface area contributed by atoms with Crippen LogP contribution in [0.15, 0.2) is 40.3 Å². The predicted molar refractivity (Wildman–Crippen MR) is 57.1 cm³/mol. The third-order valence-corrected chi connectivity index (χ3v) is 1.73. The second kappa shape index (κ2) is 3.89. The third-order valence-electron chi connectivity index (χ3n) is 1.73. The standard InChI is InChI=1S/C9H11N5/c10-8-11-6-12-9(14-8)13-7-4-2-1-3-5-7/h1-6,8H,10H2,(H2,11,12,13,14). The van der Waals surface area contributed by atoms with Crippen molar-refractivity contribution in [2.75, 3.05) is 5.32 Å². The van der Waals surface area contributed by atoms with E-state index in [1.54, 1.807) is 0 Å². The fourth-order valence-corrected chi connectivity index (χ4v) is 1.10. The van der Waals surface area contributed by atoms with E-state index in [0.717, 1.165) is 5.69 Å². The summed E-state index contributed by atoms with van der Waals surface area (Å²) in [5.74, 6) is 0.610. The van der Waals surface area contributed by atoms with Crippen molar-refractivity contribution in [1.82, 2.24) is 5.32 Å². The smallest absolute Gasteiger partial charge is 0.204 e. The summed E-state index contributed by atoms with van der Waals surface area (Å²) in [7, 11) is 0. The Bertz CT molecular complexity index is 357. The molecule has 0 spiro atoms. The molecule has 1 unspecified atom stereocenters. The van der Waals surface area contributed by atoms with Gasteiger partial charge < -0.3 is 10.6 Å². The van der Waals surface area contributed by atoms with Gasteiger partial charge in [0.25, 0.3) is 0 Å². The van der Waals surface area contributed by atoms with Crippen LogP contribution in [0.1, 0.15) is 0 Å². The molecule has 1 aliphatic rings. The molecule has 5 nitrogen and oxygen atoms in total. The molecule has 0 saturated carbocycles. The monoisotopic (exact) mass is 189 g/mol. The van der Waals surface area contributed by atoms with E-state index in [2.05, 4.69) is 20.6 Å². The molecule has 0 amide bonds. The number of para-hydroxylation sites is 1. The SMILES string of the molecule is NC1N=CNC(Nc2ccccc2)=N1. The molecule has 1 heterocycles. The molecule has 0 aliphatic carbocycles. The van der Waals surface area contributed by atoms with Crippen molar-refractivity contribution in [2.24, 2.45) is 15.7 Å². The Morgan fingerprint density at radius 2 is 2.07 bits per heavy atom. The number of rotatable bonds is 1. The Hall–Kier alpha value is -1.88. The van der Waals surface area contributed by atoms with Gasteiger partial charge in [-0.2, -0.15) is 0 Å². The van der Waals surface area contributed by atoms with Crippen LogP contribution < -0.4 is 16.4 Å². The number of nitrogens with zero attached hydrogens (tertiary/aromatic N) is 2. The highest BCUT2D eigenvalue weighted by Crippen LogP contribution is 2.04. The fourth-order valence-electron chi connectivity index (χ4n) is 1.10. The van der Waals surface area contributed by atoms with Crippen LogP contribution in [0.25, 0.3) is 0 Å². The van der Waals surface area contributed by atoms with Crippen molar-refractivity contribution < 1.29 is 0 Å². The first kappa shape index (κ1) is 8.71. The van der Waals surface area contributed by atoms with Crippen molar-refractivity contribution in [3.8, 4) is 0 Å². The van der Waals surface area contributed by atoms with Crippen molar-refractivity contribution in [2.45, 2.75) is 6.29 Å². The highest BCUT2D eigenvalue weighted by molar-refractivity contribution is 6.00. The van der Waals surface area contributed by atoms with E-state index in [4.69, 9.17) is 5.73 Å². The number of anilines is 1. The van der Waals surface area contributed by atoms with Crippen molar-refractivity contribution >= 4 is 18.0 Å². The summed E-state index contributed by atoms with van der Waals surface area (Å²) in [5.41, 5.74) is 6.47. The van der Waals surface area contributed by atoms with E-state index in [0.29, 0.717) is 5.96 Å². The Balaban J connectivity index is 2.05. The Labute approximate surface area is 81.8 Å². The van der Waals surface area contributed by atoms with Crippen molar-refractivity contribution in [3.63, 3.8) is 0 Å². The summed E-state index contributed by atoms with van der Waals surface area (Å²) in [6, 6.07) is 9.73. The molecule has 0 radical (unpaired) electrons. The molecule has 4 N–H and O–H groups in total. The lowest BCUT2D eigenvalue weighted by Gasteiger charge is -2.14. The first-order valence-electron chi connectivity index (χ1n) is 4.28. The molecular weight excluding hydrogens is 178 g/mol. The summed E-state index contributed by atoms with van der Waals surface area (Å²) in [4.78, 5) is 7.89. The van der Waals surface area contributed by atoms with Crippen LogP contribution in [0.2, 0.25) is 0 Å². The normalized spacial score (nSPS) is 19.8. The summed E-state index contributed by atoms with van der Waals surface area (Å²) in [5, 5.41) is 5.94. The zero-order chi connectivity index (χ0) is 9.80. The number of guanidine groups is 1. The van der Waals surface area contributed by atoms with Gasteiger partial charge >= 0.3 is 0 Å². The minimum absolute atomic E-state index is 0.512. The molecule has 72 valence electrons. The second-order valence-corrected chi connectivity index (χ2v) is 2.80. The van der Waals surface area contributed by atoms with Gasteiger partial charge in [-0.15, -0.1) is 0 Å². The molecule has 1 aliphatic heterocycles. The van der Waals surface area contributed by atoms with E-state index >= 15 is 0 Å². The summed E-state index contributed by atoms with van der Waals surface area (Å²) >= 11 is 0. The fraction of sp³-hybridized carbons (Fsp3) is 0.111. The van der Waals surface area contributed by atoms with Gasteiger partial charge in [0.05, 0.1) is 6.34 Å². The van der Waals surface area contributed by atoms with Crippen LogP contribution in [-0.2, 0) is 0 Å². The van der Waals surface area contributed by atoms with E-state index < -0.39 is 6.29 Å². The number of hydrogen-bond acceptors (Lipinski definition) is 5. The molecule has 1 aromatic rings. The zero-order valence-electron chi connectivity index (χ0n) is 7.51. The number of benzene rings is 1. The van der Waals surface area contributed by atoms with E-state index in [-0.39, 0.29) is 0 Å². The summed E-state index contributed by atoms with van der Waals surface area (Å²) in [6.07, 6.45) is 1.02. The van der Waals surface area contributed by atoms with Gasteiger partial charge in [0.1, 0.15) is 0 Å². The van der Waals surface area contributed by atoms with E-state index in [1.807, 2.05) is 30.3 Å². The van der Waals surface area contributed by atoms with E-state index in [9.17, 15) is 0 Å². The average molecular weight is 189 g/mol. The van der Waals surface area contributed by atoms with Crippen molar-refractivity contribution in [1.29, 1.82) is 0 Å². The number of aliphatic imine (C=N–C) groups is 2. The molecule has 1 atom stereocenters. The van der Waals surface area contributed by atoms with Crippen LogP contribution in [0.3, 0.4) is 0 Å². The Kier molecular flexibility index (Phi) is 2.42. The molecule has 0 bridgehead atoms. The Morgan fingerprint density at radius 1 is 1.29 bits per heavy atom. The van der Waals surface area contributed by atoms with Gasteiger partial charge in [-0.3, -0.25) is 5.73 Å². The molecular formula is C9H11N5. The van der Waals surface area contributed by atoms with Gasteiger partial charge in [0.15, 0.2) is 6.29 Å². The zero-order valence-corrected chi connectivity index (χ0v) is 7.51. The number of nitrogens with one attached hydrogen (secondary N) is 2.